The van der Waals surface area contributed by atoms with Gasteiger partial charge in [0.1, 0.15) is 0 Å². The maximum Gasteiger partial charge on any atom is 0.0786 e. The highest BCUT2D eigenvalue weighted by atomic mass is 16.4. The van der Waals surface area contributed by atoms with Gasteiger partial charge in [-0.2, -0.15) is 0 Å². The van der Waals surface area contributed by atoms with Crippen LogP contribution in [0, 0.1) is 0 Å². The van der Waals surface area contributed by atoms with E-state index in [1.165, 1.54) is 213 Å². The van der Waals surface area contributed by atoms with Crippen molar-refractivity contribution in [2.45, 2.75) is 183 Å². The predicted molar refractivity (Wildman–Crippen MR) is 310 cm³/mol. The summed E-state index contributed by atoms with van der Waals surface area (Å²) in [6.07, 6.45) is 23.4. The minimum atomic E-state index is -1.83. The largest absolute Gasteiger partial charge is 0.893 e. The Hall–Kier alpha value is -4.00. The van der Waals surface area contributed by atoms with Crippen molar-refractivity contribution in [2.24, 2.45) is 0 Å². The van der Waals surface area contributed by atoms with Gasteiger partial charge in [0.05, 0.1) is 52.4 Å². The highest BCUT2D eigenvalue weighted by Crippen LogP contribution is 2.50. The summed E-state index contributed by atoms with van der Waals surface area (Å²) in [6.45, 7) is 30.0. The third-order valence-electron chi connectivity index (χ3n) is 15.6. The van der Waals surface area contributed by atoms with Crippen molar-refractivity contribution in [3.63, 3.8) is 0 Å². The number of hydrogen-bond donors (Lipinski definition) is 0. The van der Waals surface area contributed by atoms with Crippen LogP contribution in [0.15, 0.2) is 127 Å². The molecule has 0 radical (unpaired) electrons. The van der Waals surface area contributed by atoms with Gasteiger partial charge in [-0.15, -0.1) is 13.4 Å². The van der Waals surface area contributed by atoms with E-state index in [4.69, 9.17) is 0 Å². The maximum atomic E-state index is 11.7. The lowest BCUT2D eigenvalue weighted by molar-refractivity contribution is -0.929. The van der Waals surface area contributed by atoms with Gasteiger partial charge in [0.25, 0.3) is 0 Å². The van der Waals surface area contributed by atoms with Gasteiger partial charge in [-0.1, -0.05) is 241 Å². The molecule has 0 aromatic heterocycles. The number of nitrogens with zero attached hydrogens (tertiary/aromatic N) is 2. The van der Waals surface area contributed by atoms with Crippen molar-refractivity contribution in [3.8, 4) is 0 Å². The van der Waals surface area contributed by atoms with Crippen molar-refractivity contribution in [3.05, 3.63) is 144 Å². The minimum Gasteiger partial charge on any atom is -0.893 e. The van der Waals surface area contributed by atoms with Crippen LogP contribution in [0.1, 0.15) is 188 Å². The average molecular weight is 963 g/mol. The Morgan fingerprint density at radius 3 is 0.803 bits per heavy atom. The molecule has 0 aliphatic carbocycles. The van der Waals surface area contributed by atoms with Crippen molar-refractivity contribution >= 4 is 39.4 Å². The molecule has 0 atom stereocenters. The van der Waals surface area contributed by atoms with E-state index in [0.29, 0.717) is 12.8 Å². The second kappa shape index (κ2) is 32.9. The van der Waals surface area contributed by atoms with Crippen LogP contribution >= 0.6 is 0 Å². The quantitative estimate of drug-likeness (QED) is 0.0248. The number of unbranched alkanes of at least 4 members (excludes halogenated alkanes) is 8. The molecule has 0 unspecified atom stereocenters. The molecule has 71 heavy (non-hydrogen) atoms. The number of rotatable bonds is 31. The van der Waals surface area contributed by atoms with Gasteiger partial charge in [0.15, 0.2) is 0 Å². The molecule has 0 aliphatic rings. The van der Waals surface area contributed by atoms with E-state index >= 15 is 0 Å². The van der Waals surface area contributed by atoms with Crippen molar-refractivity contribution in [2.75, 3.05) is 52.4 Å². The molecule has 0 amide bonds. The van der Waals surface area contributed by atoms with Crippen LogP contribution in [0.3, 0.4) is 0 Å². The van der Waals surface area contributed by atoms with Crippen LogP contribution in [-0.4, -0.2) is 68.4 Å². The molecule has 5 heteroatoms. The smallest absolute Gasteiger partial charge is 0.0786 e. The highest BCUT2D eigenvalue weighted by Gasteiger charge is 2.39. The number of benzene rings is 6. The first-order valence-electron chi connectivity index (χ1n) is 29.1. The van der Waals surface area contributed by atoms with Crippen molar-refractivity contribution in [1.29, 1.82) is 0 Å². The summed E-state index contributed by atoms with van der Waals surface area (Å²) in [5.41, 5.74) is 3.03. The lowest BCUT2D eigenvalue weighted by atomic mass is 9.62. The zero-order valence-corrected chi connectivity index (χ0v) is 46.5. The van der Waals surface area contributed by atoms with Gasteiger partial charge in [0, 0.05) is 5.41 Å². The fraction of sp³-hybridized carbons (Fsp3) is 0.545. The standard InChI is InChI=1S/C34H27BO2.2C16H36N/c36-35(37)24-10-23-34(31-20-7-14-25-11-1-4-17-28(25)31,32-21-8-15-26-12-2-5-18-29(26)32)33-22-9-16-27-13-3-6-19-30(27)33;2*1-5-9-13-17(14-10-6-2,15-11-7-3)16-12-8-4/h1-9,11-22H,10,23-24H2;2*5-16H2,1-4H3/q-2;2*+1. The van der Waals surface area contributed by atoms with E-state index < -0.39 is 12.5 Å². The SMILES string of the molecule is CCCC[N+](CCCC)(CCCC)CCCC.CCCC[N+](CCCC)(CCCC)CCCC.[O-]B([O-])CCCC(c1cccc2ccccc12)(c1cccc2ccccc12)c1cccc2ccccc12. The Morgan fingerprint density at radius 2 is 0.563 bits per heavy atom. The van der Waals surface area contributed by atoms with Crippen molar-refractivity contribution in [1.82, 2.24) is 0 Å². The molecular weight excluding hydrogens is 864 g/mol. The zero-order chi connectivity index (χ0) is 51.2. The fourth-order valence-electron chi connectivity index (χ4n) is 11.5. The first-order chi connectivity index (χ1) is 34.7. The number of hydrogen-bond acceptors (Lipinski definition) is 2. The third kappa shape index (κ3) is 17.6. The lowest BCUT2D eigenvalue weighted by Crippen LogP contribution is -2.50. The summed E-state index contributed by atoms with van der Waals surface area (Å²) >= 11 is 0. The van der Waals surface area contributed by atoms with E-state index in [0.717, 1.165) is 0 Å². The third-order valence-corrected chi connectivity index (χ3v) is 15.6. The summed E-state index contributed by atoms with van der Waals surface area (Å²) in [7, 11) is -1.83. The molecule has 6 aromatic carbocycles. The maximum absolute atomic E-state index is 11.7. The summed E-state index contributed by atoms with van der Waals surface area (Å²) < 4.78 is 2.84. The van der Waals surface area contributed by atoms with Crippen molar-refractivity contribution < 1.29 is 19.0 Å². The molecule has 388 valence electrons. The van der Waals surface area contributed by atoms with Crippen LogP contribution in [-0.2, 0) is 5.41 Å². The van der Waals surface area contributed by atoms with Gasteiger partial charge in [-0.25, -0.2) is 0 Å². The molecule has 0 spiro atoms. The van der Waals surface area contributed by atoms with E-state index in [1.54, 1.807) is 0 Å². The highest BCUT2D eigenvalue weighted by molar-refractivity contribution is 6.36. The van der Waals surface area contributed by atoms with Crippen LogP contribution in [0.25, 0.3) is 32.3 Å². The van der Waals surface area contributed by atoms with Gasteiger partial charge in [0.2, 0.25) is 0 Å². The Morgan fingerprint density at radius 1 is 0.324 bits per heavy atom. The summed E-state index contributed by atoms with van der Waals surface area (Å²) in [4.78, 5) is 0. The molecule has 0 saturated carbocycles. The Balaban J connectivity index is 0.000000271. The summed E-state index contributed by atoms with van der Waals surface area (Å²) in [5, 5.41) is 30.5. The van der Waals surface area contributed by atoms with Crippen LogP contribution in [0.4, 0.5) is 0 Å². The normalized spacial score (nSPS) is 11.9. The molecule has 0 saturated heterocycles. The van der Waals surface area contributed by atoms with Gasteiger partial charge in [-0.3, -0.25) is 0 Å². The Kier molecular flexibility index (Phi) is 27.6. The molecule has 0 heterocycles. The Bertz CT molecular complexity index is 2020. The van der Waals surface area contributed by atoms with Crippen LogP contribution in [0.2, 0.25) is 6.32 Å². The number of fused-ring (bicyclic) bond motifs is 3. The van der Waals surface area contributed by atoms with E-state index in [-0.39, 0.29) is 6.32 Å². The molecule has 0 bridgehead atoms. The zero-order valence-electron chi connectivity index (χ0n) is 46.5. The topological polar surface area (TPSA) is 46.1 Å². The molecule has 4 nitrogen and oxygen atoms in total. The molecule has 0 N–H and O–H groups in total. The summed E-state index contributed by atoms with van der Waals surface area (Å²) in [6, 6.07) is 45.1. The predicted octanol–water partition coefficient (Wildman–Crippen LogP) is 16.5. The molecule has 0 fully saturated rings. The van der Waals surface area contributed by atoms with Crippen LogP contribution in [0.5, 0.6) is 0 Å². The van der Waals surface area contributed by atoms with E-state index in [9.17, 15) is 10.0 Å². The lowest BCUT2D eigenvalue weighted by Gasteiger charge is -2.40. The molecule has 6 rings (SSSR count). The Labute approximate surface area is 435 Å². The van der Waals surface area contributed by atoms with E-state index in [2.05, 4.69) is 183 Å². The molecule has 0 aliphatic heterocycles. The van der Waals surface area contributed by atoms with E-state index in [1.807, 2.05) is 0 Å². The summed E-state index contributed by atoms with van der Waals surface area (Å²) in [5.74, 6) is 0. The number of quaternary nitrogens is 2. The molecular formula is C66H99BN2O2. The fourth-order valence-corrected chi connectivity index (χ4v) is 11.5. The monoisotopic (exact) mass is 963 g/mol. The minimum absolute atomic E-state index is 0.0993. The first kappa shape index (κ1) is 59.6. The van der Waals surface area contributed by atoms with Gasteiger partial charge < -0.3 is 19.0 Å². The van der Waals surface area contributed by atoms with Gasteiger partial charge in [-0.05, 0) is 107 Å². The average Bonchev–Trinajstić information content (AvgIpc) is 3.41. The second-order valence-corrected chi connectivity index (χ2v) is 21.1. The molecule has 6 aromatic rings. The second-order valence-electron chi connectivity index (χ2n) is 21.1. The first-order valence-corrected chi connectivity index (χ1v) is 29.1. The van der Waals surface area contributed by atoms with Crippen LogP contribution < -0.4 is 10.0 Å². The van der Waals surface area contributed by atoms with Gasteiger partial charge >= 0.3 is 0 Å².